The summed E-state index contributed by atoms with van der Waals surface area (Å²) < 4.78 is 18.7. The van der Waals surface area contributed by atoms with E-state index in [4.69, 9.17) is 4.42 Å². The molecule has 2 aromatic carbocycles. The second-order valence-corrected chi connectivity index (χ2v) is 7.75. The summed E-state index contributed by atoms with van der Waals surface area (Å²) in [6.07, 6.45) is 3.64. The summed E-state index contributed by atoms with van der Waals surface area (Å²) in [6.45, 7) is 1.18. The zero-order valence-corrected chi connectivity index (χ0v) is 17.6. The van der Waals surface area contributed by atoms with Crippen molar-refractivity contribution in [1.29, 1.82) is 0 Å². The largest absolute Gasteiger partial charge is 0.441 e. The van der Waals surface area contributed by atoms with Gasteiger partial charge in [0.1, 0.15) is 5.82 Å². The highest BCUT2D eigenvalue weighted by Crippen LogP contribution is 2.21. The number of benzene rings is 2. The number of aryl methyl sites for hydroxylation is 1. The Bertz CT molecular complexity index is 1040. The third-order valence-electron chi connectivity index (χ3n) is 5.42. The van der Waals surface area contributed by atoms with E-state index in [0.717, 1.165) is 11.3 Å². The first-order valence-corrected chi connectivity index (χ1v) is 10.7. The molecule has 3 aromatic rings. The van der Waals surface area contributed by atoms with Crippen LogP contribution in [0.1, 0.15) is 25.2 Å². The van der Waals surface area contributed by atoms with Gasteiger partial charge < -0.3 is 20.0 Å². The van der Waals surface area contributed by atoms with E-state index in [1.165, 1.54) is 12.1 Å². The van der Waals surface area contributed by atoms with Gasteiger partial charge in [0.05, 0.1) is 6.20 Å². The van der Waals surface area contributed by atoms with Crippen molar-refractivity contribution in [2.75, 3.05) is 18.4 Å². The zero-order valence-electron chi connectivity index (χ0n) is 17.6. The van der Waals surface area contributed by atoms with Crippen LogP contribution >= 0.6 is 0 Å². The minimum absolute atomic E-state index is 0.0441. The maximum atomic E-state index is 13.0. The summed E-state index contributed by atoms with van der Waals surface area (Å²) in [4.78, 5) is 30.7. The van der Waals surface area contributed by atoms with Crippen molar-refractivity contribution in [2.45, 2.75) is 31.7 Å². The lowest BCUT2D eigenvalue weighted by Gasteiger charge is -2.32. The molecule has 3 amide bonds. The fraction of sp³-hybridized carbons (Fsp3) is 0.292. The molecule has 0 spiro atoms. The molecule has 0 aliphatic carbocycles. The van der Waals surface area contributed by atoms with Crippen molar-refractivity contribution in [1.82, 2.24) is 15.2 Å². The minimum Gasteiger partial charge on any atom is -0.441 e. The maximum absolute atomic E-state index is 13.0. The van der Waals surface area contributed by atoms with Crippen LogP contribution in [-0.2, 0) is 11.2 Å². The number of carbonyl (C=O) groups excluding carboxylic acids is 2. The summed E-state index contributed by atoms with van der Waals surface area (Å²) in [5, 5.41) is 5.92. The number of aromatic nitrogens is 1. The Morgan fingerprint density at radius 2 is 1.78 bits per heavy atom. The summed E-state index contributed by atoms with van der Waals surface area (Å²) in [7, 11) is 0. The molecule has 1 fully saturated rings. The molecule has 2 heterocycles. The van der Waals surface area contributed by atoms with Crippen molar-refractivity contribution in [3.8, 4) is 11.3 Å². The van der Waals surface area contributed by atoms with E-state index in [1.807, 2.05) is 30.3 Å². The van der Waals surface area contributed by atoms with E-state index >= 15 is 0 Å². The van der Waals surface area contributed by atoms with E-state index in [-0.39, 0.29) is 30.2 Å². The molecule has 166 valence electrons. The monoisotopic (exact) mass is 436 g/mol. The predicted octanol–water partition coefficient (Wildman–Crippen LogP) is 4.23. The van der Waals surface area contributed by atoms with E-state index in [2.05, 4.69) is 15.6 Å². The number of para-hydroxylation sites is 1. The van der Waals surface area contributed by atoms with Gasteiger partial charge in [0.2, 0.25) is 5.91 Å². The molecule has 32 heavy (non-hydrogen) atoms. The Morgan fingerprint density at radius 3 is 2.50 bits per heavy atom. The number of likely N-dealkylation sites (tertiary alicyclic amines) is 1. The highest BCUT2D eigenvalue weighted by atomic mass is 19.1. The van der Waals surface area contributed by atoms with Crippen LogP contribution in [0.2, 0.25) is 0 Å². The molecular weight excluding hydrogens is 411 g/mol. The normalized spacial score (nSPS) is 14.2. The Hall–Kier alpha value is -3.68. The molecule has 1 aromatic heterocycles. The van der Waals surface area contributed by atoms with Gasteiger partial charge in [0.25, 0.3) is 0 Å². The van der Waals surface area contributed by atoms with Crippen LogP contribution in [0.15, 0.2) is 65.2 Å². The average molecular weight is 436 g/mol. The first-order chi connectivity index (χ1) is 15.6. The van der Waals surface area contributed by atoms with Gasteiger partial charge in [-0.25, -0.2) is 14.2 Å². The van der Waals surface area contributed by atoms with Crippen molar-refractivity contribution < 1.29 is 18.4 Å². The molecule has 1 aliphatic heterocycles. The van der Waals surface area contributed by atoms with Crippen LogP contribution in [0, 0.1) is 5.82 Å². The molecule has 4 rings (SSSR count). The first kappa shape index (κ1) is 21.5. The number of urea groups is 1. The number of hydrogen-bond donors (Lipinski definition) is 2. The first-order valence-electron chi connectivity index (χ1n) is 10.7. The number of halogens is 1. The van der Waals surface area contributed by atoms with Gasteiger partial charge in [0, 0.05) is 43.2 Å². The van der Waals surface area contributed by atoms with Crippen molar-refractivity contribution in [3.63, 3.8) is 0 Å². The number of hydrogen-bond acceptors (Lipinski definition) is 4. The van der Waals surface area contributed by atoms with Gasteiger partial charge in [0.15, 0.2) is 11.7 Å². The molecule has 7 nitrogen and oxygen atoms in total. The van der Waals surface area contributed by atoms with Crippen LogP contribution in [0.25, 0.3) is 11.3 Å². The molecule has 0 unspecified atom stereocenters. The Labute approximate surface area is 185 Å². The molecule has 0 saturated carbocycles. The van der Waals surface area contributed by atoms with Crippen molar-refractivity contribution >= 4 is 17.6 Å². The molecule has 1 saturated heterocycles. The topological polar surface area (TPSA) is 87.5 Å². The van der Waals surface area contributed by atoms with Crippen LogP contribution in [0.4, 0.5) is 14.9 Å². The van der Waals surface area contributed by atoms with Crippen molar-refractivity contribution in [2.24, 2.45) is 0 Å². The van der Waals surface area contributed by atoms with E-state index in [0.29, 0.717) is 44.0 Å². The third-order valence-corrected chi connectivity index (χ3v) is 5.42. The fourth-order valence-corrected chi connectivity index (χ4v) is 3.64. The maximum Gasteiger partial charge on any atom is 0.321 e. The number of rotatable bonds is 6. The van der Waals surface area contributed by atoms with Crippen LogP contribution in [0.5, 0.6) is 0 Å². The Kier molecular flexibility index (Phi) is 6.79. The highest BCUT2D eigenvalue weighted by Gasteiger charge is 2.24. The number of nitrogens with one attached hydrogen (secondary N) is 2. The summed E-state index contributed by atoms with van der Waals surface area (Å²) in [5.74, 6) is 0.625. The average Bonchev–Trinajstić information content (AvgIpc) is 3.28. The van der Waals surface area contributed by atoms with Gasteiger partial charge in [-0.15, -0.1) is 0 Å². The SMILES string of the molecule is O=C(CCc1ncc(-c2ccc(F)cc2)o1)NC1CCN(C(=O)Nc2ccccc2)CC1. The summed E-state index contributed by atoms with van der Waals surface area (Å²) in [6, 6.07) is 15.2. The van der Waals surface area contributed by atoms with Gasteiger partial charge in [-0.1, -0.05) is 18.2 Å². The second-order valence-electron chi connectivity index (χ2n) is 7.75. The molecular formula is C24H25FN4O3. The number of carbonyl (C=O) groups is 2. The van der Waals surface area contributed by atoms with E-state index < -0.39 is 0 Å². The fourth-order valence-electron chi connectivity index (χ4n) is 3.64. The lowest BCUT2D eigenvalue weighted by Crippen LogP contribution is -2.47. The highest BCUT2D eigenvalue weighted by molar-refractivity contribution is 5.89. The van der Waals surface area contributed by atoms with Crippen LogP contribution in [0.3, 0.4) is 0 Å². The van der Waals surface area contributed by atoms with E-state index in [1.54, 1.807) is 23.2 Å². The number of anilines is 1. The van der Waals surface area contributed by atoms with Crippen molar-refractivity contribution in [3.05, 3.63) is 72.5 Å². The molecule has 0 bridgehead atoms. The van der Waals surface area contributed by atoms with Gasteiger partial charge in [-0.2, -0.15) is 0 Å². The predicted molar refractivity (Wildman–Crippen MR) is 118 cm³/mol. The molecule has 1 aliphatic rings. The zero-order chi connectivity index (χ0) is 22.3. The Morgan fingerprint density at radius 1 is 1.06 bits per heavy atom. The molecule has 8 heteroatoms. The smallest absolute Gasteiger partial charge is 0.321 e. The second kappa shape index (κ2) is 10.1. The van der Waals surface area contributed by atoms with E-state index in [9.17, 15) is 14.0 Å². The number of nitrogens with zero attached hydrogens (tertiary/aromatic N) is 2. The molecule has 0 radical (unpaired) electrons. The summed E-state index contributed by atoms with van der Waals surface area (Å²) >= 11 is 0. The van der Waals surface area contributed by atoms with Gasteiger partial charge in [-0.05, 0) is 49.2 Å². The Balaban J connectivity index is 1.19. The van der Waals surface area contributed by atoms with Crippen LogP contribution < -0.4 is 10.6 Å². The number of amides is 3. The lowest BCUT2D eigenvalue weighted by molar-refractivity contribution is -0.122. The number of oxazole rings is 1. The molecule has 2 N–H and O–H groups in total. The summed E-state index contributed by atoms with van der Waals surface area (Å²) in [5.41, 5.74) is 1.50. The standard InChI is InChI=1S/C24H25FN4O3/c25-18-8-6-17(7-9-18)21-16-26-23(32-21)11-10-22(30)27-20-12-14-29(15-13-20)24(31)28-19-4-2-1-3-5-19/h1-9,16,20H,10-15H2,(H,27,30)(H,28,31). The van der Waals surface area contributed by atoms with Gasteiger partial charge >= 0.3 is 6.03 Å². The third kappa shape index (κ3) is 5.72. The quantitative estimate of drug-likeness (QED) is 0.606. The minimum atomic E-state index is -0.312. The number of piperidine rings is 1. The molecule has 0 atom stereocenters. The van der Waals surface area contributed by atoms with Crippen LogP contribution in [-0.4, -0.2) is 41.0 Å². The van der Waals surface area contributed by atoms with Gasteiger partial charge in [-0.3, -0.25) is 4.79 Å². The lowest BCUT2D eigenvalue weighted by atomic mass is 10.0.